The maximum Gasteiger partial charge on any atom is 0.315 e. The van der Waals surface area contributed by atoms with E-state index in [-0.39, 0.29) is 29.7 Å². The molecular weight excluding hydrogens is 400 g/mol. The van der Waals surface area contributed by atoms with Crippen molar-refractivity contribution in [1.29, 1.82) is 0 Å². The van der Waals surface area contributed by atoms with Crippen molar-refractivity contribution in [3.8, 4) is 0 Å². The molecule has 3 saturated carbocycles. The second-order valence-electron chi connectivity index (χ2n) is 10.8. The van der Waals surface area contributed by atoms with E-state index in [1.807, 2.05) is 13.8 Å². The van der Waals surface area contributed by atoms with Crippen LogP contribution in [0, 0.1) is 34.5 Å². The molecule has 31 heavy (non-hydrogen) atoms. The zero-order valence-electron chi connectivity index (χ0n) is 18.4. The number of esters is 3. The summed E-state index contributed by atoms with van der Waals surface area (Å²) >= 11 is 0. The van der Waals surface area contributed by atoms with Gasteiger partial charge in [-0.1, -0.05) is 18.7 Å². The van der Waals surface area contributed by atoms with Crippen LogP contribution in [0.25, 0.3) is 0 Å². The minimum absolute atomic E-state index is 0.0392. The van der Waals surface area contributed by atoms with Gasteiger partial charge in [-0.15, -0.1) is 0 Å². The van der Waals surface area contributed by atoms with Crippen molar-refractivity contribution in [1.82, 2.24) is 0 Å². The lowest BCUT2D eigenvalue weighted by atomic mass is 9.53. The van der Waals surface area contributed by atoms with Crippen LogP contribution in [0.15, 0.2) is 24.3 Å². The van der Waals surface area contributed by atoms with Gasteiger partial charge in [-0.3, -0.25) is 14.4 Å². The number of carbonyl (C=O) groups is 3. The molecule has 5 fully saturated rings. The summed E-state index contributed by atoms with van der Waals surface area (Å²) in [4.78, 5) is 38.7. The molecule has 2 saturated heterocycles. The quantitative estimate of drug-likeness (QED) is 0.380. The van der Waals surface area contributed by atoms with Gasteiger partial charge >= 0.3 is 17.9 Å². The fourth-order valence-electron chi connectivity index (χ4n) is 8.92. The monoisotopic (exact) mass is 428 g/mol. The summed E-state index contributed by atoms with van der Waals surface area (Å²) in [6.07, 6.45) is 6.53. The Labute approximate surface area is 181 Å². The number of hydrogen-bond donors (Lipinski definition) is 0. The van der Waals surface area contributed by atoms with E-state index in [0.717, 1.165) is 5.57 Å². The van der Waals surface area contributed by atoms with Crippen LogP contribution in [-0.4, -0.2) is 42.0 Å². The van der Waals surface area contributed by atoms with E-state index in [4.69, 9.17) is 18.9 Å². The van der Waals surface area contributed by atoms with Crippen molar-refractivity contribution in [2.45, 2.75) is 63.4 Å². The van der Waals surface area contributed by atoms with E-state index in [1.54, 1.807) is 0 Å². The maximum absolute atomic E-state index is 13.4. The lowest BCUT2D eigenvalue weighted by Gasteiger charge is -2.57. The Morgan fingerprint density at radius 3 is 2.71 bits per heavy atom. The molecule has 0 aromatic heterocycles. The fraction of sp³-hybridized carbons (Fsp3) is 0.708. The molecule has 4 aliphatic carbocycles. The van der Waals surface area contributed by atoms with Gasteiger partial charge in [-0.2, -0.15) is 0 Å². The fourth-order valence-corrected chi connectivity index (χ4v) is 8.92. The highest BCUT2D eigenvalue weighted by Crippen LogP contribution is 2.80. The SMILES string of the molecule is C=C1CC23CC1(OC(C)=O)CCC2C12C=CC4C(C)(OC(=O)C4(C)C1C3C(=O)OC)O2. The topological polar surface area (TPSA) is 88.1 Å². The number of ether oxygens (including phenoxy) is 4. The first kappa shape index (κ1) is 19.5. The average molecular weight is 428 g/mol. The molecule has 7 aliphatic rings. The molecule has 0 aromatic rings. The minimum atomic E-state index is -1.04. The molecule has 7 heteroatoms. The Hall–Kier alpha value is -2.15. The van der Waals surface area contributed by atoms with Gasteiger partial charge in [-0.05, 0) is 49.5 Å². The highest BCUT2D eigenvalue weighted by Gasteiger charge is 2.86. The number of fused-ring (bicyclic) bond motifs is 1. The lowest BCUT2D eigenvalue weighted by Crippen LogP contribution is -2.65. The molecule has 3 aliphatic heterocycles. The van der Waals surface area contributed by atoms with E-state index >= 15 is 0 Å². The van der Waals surface area contributed by atoms with Gasteiger partial charge in [0.1, 0.15) is 5.60 Å². The van der Waals surface area contributed by atoms with Crippen molar-refractivity contribution in [3.05, 3.63) is 24.3 Å². The second-order valence-corrected chi connectivity index (χ2v) is 10.8. The Balaban J connectivity index is 1.59. The average Bonchev–Trinajstić information content (AvgIpc) is 3.11. The van der Waals surface area contributed by atoms with Gasteiger partial charge in [0, 0.05) is 19.8 Å². The number of hydrogen-bond acceptors (Lipinski definition) is 7. The molecule has 0 amide bonds. The summed E-state index contributed by atoms with van der Waals surface area (Å²) in [5, 5.41) is 0. The zero-order chi connectivity index (χ0) is 22.2. The molecule has 0 radical (unpaired) electrons. The summed E-state index contributed by atoms with van der Waals surface area (Å²) in [6.45, 7) is 9.45. The van der Waals surface area contributed by atoms with Gasteiger partial charge in [0.2, 0.25) is 5.79 Å². The zero-order valence-corrected chi connectivity index (χ0v) is 18.4. The number of methoxy groups -OCH3 is 1. The predicted molar refractivity (Wildman–Crippen MR) is 106 cm³/mol. The molecule has 166 valence electrons. The molecule has 7 nitrogen and oxygen atoms in total. The predicted octanol–water partition coefficient (Wildman–Crippen LogP) is 2.69. The molecule has 2 spiro atoms. The Morgan fingerprint density at radius 2 is 2.03 bits per heavy atom. The summed E-state index contributed by atoms with van der Waals surface area (Å²) in [5.74, 6) is -3.34. The molecule has 9 unspecified atom stereocenters. The van der Waals surface area contributed by atoms with Crippen molar-refractivity contribution in [2.75, 3.05) is 7.11 Å². The van der Waals surface area contributed by atoms with Crippen molar-refractivity contribution >= 4 is 17.9 Å². The van der Waals surface area contributed by atoms with E-state index in [1.165, 1.54) is 14.0 Å². The normalized spacial score (nSPS) is 55.0. The van der Waals surface area contributed by atoms with Crippen LogP contribution in [0.2, 0.25) is 0 Å². The first-order valence-corrected chi connectivity index (χ1v) is 11.1. The van der Waals surface area contributed by atoms with E-state index in [2.05, 4.69) is 18.7 Å². The smallest absolute Gasteiger partial charge is 0.315 e. The van der Waals surface area contributed by atoms with Crippen LogP contribution in [0.5, 0.6) is 0 Å². The summed E-state index contributed by atoms with van der Waals surface area (Å²) in [6, 6.07) is 0. The molecule has 0 aromatic carbocycles. The Bertz CT molecular complexity index is 1000. The summed E-state index contributed by atoms with van der Waals surface area (Å²) in [5.41, 5.74) is -2.18. The van der Waals surface area contributed by atoms with Crippen molar-refractivity contribution in [3.63, 3.8) is 0 Å². The van der Waals surface area contributed by atoms with Gasteiger partial charge in [0.15, 0.2) is 0 Å². The van der Waals surface area contributed by atoms with Gasteiger partial charge in [-0.25, -0.2) is 0 Å². The standard InChI is InChI=1S/C24H28O7/c1-12-10-22-11-23(12,29-13(2)25)8-6-15(22)24-9-7-14-20(3,17(24)16(22)18(26)28-5)19(27)30-21(14,4)31-24/h7,9,14-17H,1,6,8,10-11H2,2-5H3. The molecule has 9 atom stereocenters. The van der Waals surface area contributed by atoms with Crippen LogP contribution in [-0.2, 0) is 33.3 Å². The van der Waals surface area contributed by atoms with E-state index < -0.39 is 39.7 Å². The van der Waals surface area contributed by atoms with E-state index in [9.17, 15) is 14.4 Å². The molecular formula is C24H28O7. The van der Waals surface area contributed by atoms with Crippen molar-refractivity contribution in [2.24, 2.45) is 34.5 Å². The first-order valence-electron chi connectivity index (χ1n) is 11.1. The third kappa shape index (κ3) is 1.83. The largest absolute Gasteiger partial charge is 0.469 e. The first-order chi connectivity index (χ1) is 14.5. The molecule has 6 bridgehead atoms. The van der Waals surface area contributed by atoms with Crippen LogP contribution in [0.3, 0.4) is 0 Å². The highest BCUT2D eigenvalue weighted by atomic mass is 16.7. The minimum Gasteiger partial charge on any atom is -0.469 e. The molecule has 7 rings (SSSR count). The third-order valence-corrected chi connectivity index (χ3v) is 9.63. The summed E-state index contributed by atoms with van der Waals surface area (Å²) in [7, 11) is 1.39. The molecule has 3 heterocycles. The van der Waals surface area contributed by atoms with Gasteiger partial charge < -0.3 is 18.9 Å². The molecule has 0 N–H and O–H groups in total. The second kappa shape index (κ2) is 5.25. The number of rotatable bonds is 2. The van der Waals surface area contributed by atoms with Gasteiger partial charge in [0.25, 0.3) is 0 Å². The van der Waals surface area contributed by atoms with Gasteiger partial charge in [0.05, 0.1) is 30.0 Å². The Morgan fingerprint density at radius 1 is 1.29 bits per heavy atom. The Kier molecular flexibility index (Phi) is 3.31. The van der Waals surface area contributed by atoms with Crippen molar-refractivity contribution < 1.29 is 33.3 Å². The highest BCUT2D eigenvalue weighted by molar-refractivity contribution is 5.85. The lowest BCUT2D eigenvalue weighted by molar-refractivity contribution is -0.306. The third-order valence-electron chi connectivity index (χ3n) is 9.63. The maximum atomic E-state index is 13.4. The van der Waals surface area contributed by atoms with Crippen LogP contribution >= 0.6 is 0 Å². The van der Waals surface area contributed by atoms with E-state index in [0.29, 0.717) is 25.7 Å². The van der Waals surface area contributed by atoms with Crippen LogP contribution in [0.4, 0.5) is 0 Å². The van der Waals surface area contributed by atoms with Crippen LogP contribution < -0.4 is 0 Å². The van der Waals surface area contributed by atoms with Crippen LogP contribution in [0.1, 0.15) is 46.5 Å². The number of carbonyl (C=O) groups excluding carboxylic acids is 3. The summed E-state index contributed by atoms with van der Waals surface area (Å²) < 4.78 is 23.7.